The molecule has 0 N–H and O–H groups in total. The maximum absolute atomic E-state index is 14.1. The van der Waals surface area contributed by atoms with Crippen LogP contribution >= 0.6 is 11.6 Å². The predicted molar refractivity (Wildman–Crippen MR) is 81.4 cm³/mol. The summed E-state index contributed by atoms with van der Waals surface area (Å²) < 4.78 is 58.0. The fraction of sp³-hybridized carbons (Fsp3) is 0.400. The lowest BCUT2D eigenvalue weighted by Crippen LogP contribution is -2.30. The second-order valence-electron chi connectivity index (χ2n) is 5.40. The number of nitrogens with zero attached hydrogens (tertiary/aromatic N) is 2. The van der Waals surface area contributed by atoms with Crippen molar-refractivity contribution in [3.63, 3.8) is 0 Å². The van der Waals surface area contributed by atoms with Crippen molar-refractivity contribution in [1.82, 2.24) is 0 Å². The van der Waals surface area contributed by atoms with Gasteiger partial charge in [-0.25, -0.2) is 9.40 Å². The smallest absolute Gasteiger partial charge is 0.400 e. The number of rotatable bonds is 3. The van der Waals surface area contributed by atoms with Gasteiger partial charge in [0.25, 0.3) is 0 Å². The molecule has 0 spiro atoms. The summed E-state index contributed by atoms with van der Waals surface area (Å²) in [5.74, 6) is -2.25. The van der Waals surface area contributed by atoms with Crippen molar-refractivity contribution in [2.24, 2.45) is 11.0 Å². The summed E-state index contributed by atoms with van der Waals surface area (Å²) in [5, 5.41) is 4.80. The summed E-state index contributed by atoms with van der Waals surface area (Å²) in [4.78, 5) is 0. The summed E-state index contributed by atoms with van der Waals surface area (Å²) in [6.07, 6.45) is -2.74. The van der Waals surface area contributed by atoms with Crippen LogP contribution in [-0.2, 0) is 0 Å². The van der Waals surface area contributed by atoms with Crippen molar-refractivity contribution in [1.29, 1.82) is 0 Å². The Balaban J connectivity index is 2.37. The van der Waals surface area contributed by atoms with Crippen molar-refractivity contribution in [2.75, 3.05) is 5.01 Å². The fourth-order valence-corrected chi connectivity index (χ4v) is 2.27. The van der Waals surface area contributed by atoms with Crippen LogP contribution in [-0.4, -0.2) is 18.5 Å². The first kappa shape index (κ1) is 17.6. The number of hydrogen-bond donors (Lipinski definition) is 0. The van der Waals surface area contributed by atoms with Crippen molar-refractivity contribution in [3.05, 3.63) is 34.7 Å². The molecule has 1 atom stereocenters. The molecule has 3 nitrogen and oxygen atoms in total. The van der Waals surface area contributed by atoms with Gasteiger partial charge in [-0.3, -0.25) is 0 Å². The number of allylic oxidation sites excluding steroid dienone is 1. The number of ether oxygens (including phenoxy) is 1. The normalized spacial score (nSPS) is 18.4. The Hall–Kier alpha value is -1.76. The topological polar surface area (TPSA) is 24.8 Å². The lowest BCUT2D eigenvalue weighted by molar-refractivity contribution is -0.145. The minimum Gasteiger partial charge on any atom is -0.489 e. The van der Waals surface area contributed by atoms with Gasteiger partial charge in [0, 0.05) is 18.5 Å². The average Bonchev–Trinajstić information content (AvgIpc) is 2.39. The molecule has 126 valence electrons. The summed E-state index contributed by atoms with van der Waals surface area (Å²) >= 11 is 5.91. The monoisotopic (exact) mass is 350 g/mol. The van der Waals surface area contributed by atoms with E-state index in [9.17, 15) is 17.6 Å². The summed E-state index contributed by atoms with van der Waals surface area (Å²) in [7, 11) is 0. The Morgan fingerprint density at radius 1 is 1.30 bits per heavy atom. The van der Waals surface area contributed by atoms with Gasteiger partial charge in [-0.1, -0.05) is 11.6 Å². The van der Waals surface area contributed by atoms with Crippen molar-refractivity contribution >= 4 is 23.5 Å². The molecule has 1 aromatic carbocycles. The Morgan fingerprint density at radius 2 is 1.96 bits per heavy atom. The molecule has 0 fully saturated rings. The molecule has 1 aliphatic rings. The maximum Gasteiger partial charge on any atom is 0.400 e. The Bertz CT molecular complexity index is 656. The van der Waals surface area contributed by atoms with Crippen LogP contribution in [0.25, 0.3) is 0 Å². The van der Waals surface area contributed by atoms with Gasteiger partial charge in [0.05, 0.1) is 11.1 Å². The van der Waals surface area contributed by atoms with E-state index in [0.29, 0.717) is 0 Å². The number of hydrogen-bond acceptors (Lipinski definition) is 3. The minimum atomic E-state index is -4.43. The highest BCUT2D eigenvalue weighted by Crippen LogP contribution is 2.37. The van der Waals surface area contributed by atoms with Crippen LogP contribution in [0.15, 0.2) is 29.0 Å². The zero-order valence-corrected chi connectivity index (χ0v) is 13.4. The third kappa shape index (κ3) is 3.96. The highest BCUT2D eigenvalue weighted by atomic mass is 35.5. The second-order valence-corrected chi connectivity index (χ2v) is 5.81. The molecule has 23 heavy (non-hydrogen) atoms. The van der Waals surface area contributed by atoms with E-state index >= 15 is 0 Å². The minimum absolute atomic E-state index is 0.00757. The SMILES string of the molecule is CC1=CN(c2cc(OC(C)C)c(Cl)cc2F)N=CC1C(F)(F)F. The first-order valence-corrected chi connectivity index (χ1v) is 7.21. The van der Waals surface area contributed by atoms with Crippen molar-refractivity contribution < 1.29 is 22.3 Å². The van der Waals surface area contributed by atoms with Crippen LogP contribution in [0.2, 0.25) is 5.02 Å². The summed E-state index contributed by atoms with van der Waals surface area (Å²) in [6.45, 7) is 4.86. The van der Waals surface area contributed by atoms with Crippen LogP contribution in [0.3, 0.4) is 0 Å². The summed E-state index contributed by atoms with van der Waals surface area (Å²) in [5.41, 5.74) is -0.0329. The van der Waals surface area contributed by atoms with Gasteiger partial charge in [-0.05, 0) is 32.4 Å². The molecule has 1 unspecified atom stereocenters. The van der Waals surface area contributed by atoms with Crippen LogP contribution in [0.5, 0.6) is 5.75 Å². The lowest BCUT2D eigenvalue weighted by Gasteiger charge is -2.26. The number of anilines is 1. The second kappa shape index (κ2) is 6.39. The van der Waals surface area contributed by atoms with E-state index in [0.717, 1.165) is 23.5 Å². The van der Waals surface area contributed by atoms with E-state index < -0.39 is 17.9 Å². The highest BCUT2D eigenvalue weighted by molar-refractivity contribution is 6.32. The highest BCUT2D eigenvalue weighted by Gasteiger charge is 2.41. The molecular weight excluding hydrogens is 336 g/mol. The van der Waals surface area contributed by atoms with Gasteiger partial charge < -0.3 is 4.74 Å². The number of hydrazone groups is 1. The van der Waals surface area contributed by atoms with Crippen LogP contribution in [0, 0.1) is 11.7 Å². The summed E-state index contributed by atoms with van der Waals surface area (Å²) in [6, 6.07) is 2.36. The molecule has 8 heteroatoms. The van der Waals surface area contributed by atoms with Gasteiger partial charge in [0.15, 0.2) is 5.82 Å². The van der Waals surface area contributed by atoms with Crippen LogP contribution in [0.1, 0.15) is 20.8 Å². The standard InChI is InChI=1S/C15H15ClF4N2O/c1-8(2)23-14-5-13(12(17)4-11(14)16)22-7-9(3)10(6-21-22)15(18,19)20/h4-8,10H,1-3H3. The molecule has 0 aromatic heterocycles. The fourth-order valence-electron chi connectivity index (χ4n) is 2.08. The number of benzene rings is 1. The Kier molecular flexibility index (Phi) is 4.89. The molecule has 1 aromatic rings. The zero-order valence-electron chi connectivity index (χ0n) is 12.7. The largest absolute Gasteiger partial charge is 0.489 e. The maximum atomic E-state index is 14.1. The van der Waals surface area contributed by atoms with Crippen LogP contribution in [0.4, 0.5) is 23.2 Å². The van der Waals surface area contributed by atoms with Gasteiger partial charge in [0.2, 0.25) is 0 Å². The molecule has 0 amide bonds. The number of halogens is 5. The third-order valence-corrected chi connectivity index (χ3v) is 3.42. The van der Waals surface area contributed by atoms with E-state index in [1.807, 2.05) is 0 Å². The molecule has 1 heterocycles. The van der Waals surface area contributed by atoms with E-state index in [1.54, 1.807) is 13.8 Å². The first-order chi connectivity index (χ1) is 10.6. The van der Waals surface area contributed by atoms with E-state index in [1.165, 1.54) is 13.0 Å². The van der Waals surface area contributed by atoms with Gasteiger partial charge in [-0.15, -0.1) is 0 Å². The molecule has 0 saturated carbocycles. The third-order valence-electron chi connectivity index (χ3n) is 3.12. The zero-order chi connectivity index (χ0) is 17.4. The van der Waals surface area contributed by atoms with Crippen molar-refractivity contribution in [3.8, 4) is 5.75 Å². The van der Waals surface area contributed by atoms with Gasteiger partial charge in [0.1, 0.15) is 17.4 Å². The average molecular weight is 351 g/mol. The molecule has 0 radical (unpaired) electrons. The quantitative estimate of drug-likeness (QED) is 0.704. The van der Waals surface area contributed by atoms with E-state index in [4.69, 9.17) is 16.3 Å². The Morgan fingerprint density at radius 3 is 2.48 bits per heavy atom. The van der Waals surface area contributed by atoms with E-state index in [-0.39, 0.29) is 28.1 Å². The molecule has 0 saturated heterocycles. The first-order valence-electron chi connectivity index (χ1n) is 6.83. The molecule has 0 bridgehead atoms. The molecular formula is C15H15ClF4N2O. The Labute approximate surface area is 136 Å². The molecule has 2 rings (SSSR count). The lowest BCUT2D eigenvalue weighted by atomic mass is 10.0. The molecule has 0 aliphatic carbocycles. The van der Waals surface area contributed by atoms with Gasteiger partial charge >= 0.3 is 6.18 Å². The molecule has 1 aliphatic heterocycles. The van der Waals surface area contributed by atoms with Gasteiger partial charge in [-0.2, -0.15) is 18.3 Å². The van der Waals surface area contributed by atoms with E-state index in [2.05, 4.69) is 5.10 Å². The van der Waals surface area contributed by atoms with Crippen LogP contribution < -0.4 is 9.75 Å². The number of alkyl halides is 3. The predicted octanol–water partition coefficient (Wildman–Crippen LogP) is 5.15. The van der Waals surface area contributed by atoms with Crippen molar-refractivity contribution in [2.45, 2.75) is 33.1 Å².